The average molecular weight is 1320 g/mol. The summed E-state index contributed by atoms with van der Waals surface area (Å²) < 4.78 is 83.1. The SMILES string of the molecule is C[C@@H]1CC[C@@H]2[C@@H](C1)C[C@@]1(O)C(=O)O[C@H](C)[C@H]1[C@H]2/C=C/c1ccc(-c2cccc(F)c2)cn1.C[C@@H]1CC[C@@H]2[C@@H](C1)C[C@H]1C(=O)O[C@H](C)[C@H]1[C@H]2/C=C/c1ccc(-c2cccc(C(F)(F)F)c2)cn1.C[C@@H]1CC[C@@H]2[C@@H](C1)C[C@H]1C(=O)O[C@H](C)[C@H]1[C@H]2/C=C/c1ccc(-c2cccc(F)c2)cn1. The van der Waals surface area contributed by atoms with Crippen LogP contribution in [0.4, 0.5) is 22.0 Å². The van der Waals surface area contributed by atoms with E-state index in [-0.39, 0.29) is 83.3 Å². The summed E-state index contributed by atoms with van der Waals surface area (Å²) in [6.07, 6.45) is 26.2. The second-order valence-corrected chi connectivity index (χ2v) is 30.2. The highest BCUT2D eigenvalue weighted by molar-refractivity contribution is 5.83. The number of aromatic nitrogens is 3. The molecule has 0 unspecified atom stereocenters. The molecule has 0 spiro atoms. The van der Waals surface area contributed by atoms with Crippen molar-refractivity contribution in [3.05, 3.63) is 180 Å². The van der Waals surface area contributed by atoms with E-state index >= 15 is 0 Å². The Morgan fingerprint density at radius 1 is 0.464 bits per heavy atom. The van der Waals surface area contributed by atoms with Gasteiger partial charge in [-0.15, -0.1) is 0 Å². The van der Waals surface area contributed by atoms with E-state index in [1.165, 1.54) is 75.3 Å². The standard InChI is InChI=1S/C28H30F3NO2.C27H30FNO3.C27H30FNO2/c1-16-6-10-23-20(12-16)14-25-26(17(2)34-27(25)33)24(23)11-9-22-8-7-19(15-32-22)18-4-3-5-21(13-18)28(29,30)31;1-16-6-10-23-20(12-16)14-27(31)25(17(2)32-26(27)30)24(23)11-9-22-8-7-19(15-29-22)18-4-3-5-21(28)13-18;1-16-6-10-23-20(12-16)14-25-26(17(2)31-27(25)30)24(23)11-9-22-8-7-19(15-29-22)18-4-3-5-21(28)13-18/h3-5,7-9,11,13,15-17,20,23-26H,6,10,12,14H2,1-2H3;3-5,7-9,11,13,15-17,20,23-25,31H,6,10,12,14H2,1-2H3;3-5,7-9,11,13,15-17,20,23-26H,6,10,12,14H2,1-2H3/b3*11-9+/t16-,17-,20+,23-,24+,25-,26+;16-,17-,20+,23-,24+,25+,27+;16-,17-,20+,23-,24+,25-,26+/m111/s1. The first-order valence-corrected chi connectivity index (χ1v) is 35.5. The van der Waals surface area contributed by atoms with Crippen molar-refractivity contribution < 1.29 is 55.7 Å². The molecule has 510 valence electrons. The van der Waals surface area contributed by atoms with Crippen molar-refractivity contribution in [1.82, 2.24) is 15.0 Å². The number of hydrogen-bond acceptors (Lipinski definition) is 10. The van der Waals surface area contributed by atoms with Gasteiger partial charge in [0.05, 0.1) is 34.5 Å². The predicted molar refractivity (Wildman–Crippen MR) is 364 cm³/mol. The van der Waals surface area contributed by atoms with E-state index in [4.69, 9.17) is 14.2 Å². The number of hydrogen-bond donors (Lipinski definition) is 1. The van der Waals surface area contributed by atoms with E-state index in [0.29, 0.717) is 70.8 Å². The quantitative estimate of drug-likeness (QED) is 0.0846. The number of aliphatic hydroxyl groups is 1. The van der Waals surface area contributed by atoms with Crippen molar-refractivity contribution in [2.75, 3.05) is 0 Å². The van der Waals surface area contributed by atoms with Crippen LogP contribution in [0, 0.1) is 112 Å². The van der Waals surface area contributed by atoms with E-state index < -0.39 is 23.3 Å². The van der Waals surface area contributed by atoms with Crippen molar-refractivity contribution in [2.24, 2.45) is 101 Å². The highest BCUT2D eigenvalue weighted by atomic mass is 19.4. The summed E-state index contributed by atoms with van der Waals surface area (Å²) in [5, 5.41) is 11.4. The minimum absolute atomic E-state index is 0.00477. The fourth-order valence-electron chi connectivity index (χ4n) is 19.5. The number of nitrogens with zero attached hydrogens (tertiary/aromatic N) is 3. The molecular formula is C82H90F5N3O7. The van der Waals surface area contributed by atoms with Gasteiger partial charge in [-0.2, -0.15) is 13.2 Å². The molecule has 9 aliphatic rings. The lowest BCUT2D eigenvalue weighted by molar-refractivity contribution is -0.162. The van der Waals surface area contributed by atoms with Gasteiger partial charge in [0.2, 0.25) is 0 Å². The maximum atomic E-state index is 13.5. The summed E-state index contributed by atoms with van der Waals surface area (Å²) in [5.41, 5.74) is 4.91. The molecule has 3 aliphatic heterocycles. The van der Waals surface area contributed by atoms with Crippen molar-refractivity contribution in [1.29, 1.82) is 0 Å². The van der Waals surface area contributed by atoms with Crippen molar-refractivity contribution in [3.8, 4) is 33.4 Å². The molecular weight excluding hydrogens is 1230 g/mol. The third kappa shape index (κ3) is 14.5. The molecule has 1 N–H and O–H groups in total. The van der Waals surface area contributed by atoms with Gasteiger partial charge in [-0.25, -0.2) is 13.6 Å². The topological polar surface area (TPSA) is 138 Å². The maximum absolute atomic E-state index is 13.5. The van der Waals surface area contributed by atoms with Gasteiger partial charge in [-0.1, -0.05) is 113 Å². The van der Waals surface area contributed by atoms with Gasteiger partial charge in [-0.05, 0) is 239 Å². The van der Waals surface area contributed by atoms with E-state index in [2.05, 4.69) is 67.0 Å². The molecule has 6 aliphatic carbocycles. The van der Waals surface area contributed by atoms with Crippen LogP contribution in [0.3, 0.4) is 0 Å². The molecule has 6 heterocycles. The number of ether oxygens (including phenoxy) is 3. The summed E-state index contributed by atoms with van der Waals surface area (Å²) in [6, 6.07) is 29.8. The lowest BCUT2D eigenvalue weighted by Crippen LogP contribution is -2.55. The Hall–Kier alpha value is -7.65. The molecule has 6 saturated carbocycles. The molecule has 15 heteroatoms. The molecule has 15 rings (SSSR count). The molecule has 10 nitrogen and oxygen atoms in total. The van der Waals surface area contributed by atoms with Crippen molar-refractivity contribution >= 4 is 36.1 Å². The lowest BCUT2D eigenvalue weighted by atomic mass is 9.54. The molecule has 0 radical (unpaired) electrons. The lowest BCUT2D eigenvalue weighted by Gasteiger charge is -2.50. The Labute approximate surface area is 567 Å². The van der Waals surface area contributed by atoms with Gasteiger partial charge in [-0.3, -0.25) is 24.5 Å². The van der Waals surface area contributed by atoms with Crippen molar-refractivity contribution in [2.45, 2.75) is 149 Å². The van der Waals surface area contributed by atoms with Crippen LogP contribution in [0.2, 0.25) is 0 Å². The van der Waals surface area contributed by atoms with E-state index in [9.17, 15) is 41.4 Å². The molecule has 3 aromatic carbocycles. The third-order valence-corrected chi connectivity index (χ3v) is 24.0. The van der Waals surface area contributed by atoms with Crippen LogP contribution in [0.1, 0.15) is 141 Å². The summed E-state index contributed by atoms with van der Waals surface area (Å²) in [7, 11) is 0. The van der Waals surface area contributed by atoms with Crippen LogP contribution in [-0.4, -0.2) is 61.9 Å². The van der Waals surface area contributed by atoms with E-state index in [0.717, 1.165) is 83.1 Å². The van der Waals surface area contributed by atoms with Gasteiger partial charge in [0.25, 0.3) is 0 Å². The number of fused-ring (bicyclic) bond motifs is 6. The first-order valence-electron chi connectivity index (χ1n) is 35.5. The highest BCUT2D eigenvalue weighted by Gasteiger charge is 2.64. The Morgan fingerprint density at radius 3 is 1.28 bits per heavy atom. The molecule has 3 aromatic heterocycles. The van der Waals surface area contributed by atoms with Gasteiger partial charge < -0.3 is 19.3 Å². The number of carbonyl (C=O) groups is 3. The number of benzene rings is 3. The number of esters is 3. The Bertz CT molecular complexity index is 3890. The zero-order valence-corrected chi connectivity index (χ0v) is 56.2. The monoisotopic (exact) mass is 1320 g/mol. The van der Waals surface area contributed by atoms with Crippen LogP contribution < -0.4 is 0 Å². The van der Waals surface area contributed by atoms with Gasteiger partial charge in [0.15, 0.2) is 5.60 Å². The smallest absolute Gasteiger partial charge is 0.416 e. The molecule has 97 heavy (non-hydrogen) atoms. The van der Waals surface area contributed by atoms with Crippen LogP contribution in [0.15, 0.2) is 146 Å². The fourth-order valence-corrected chi connectivity index (χ4v) is 19.5. The summed E-state index contributed by atoms with van der Waals surface area (Å²) in [5.74, 6) is 5.10. The predicted octanol–water partition coefficient (Wildman–Crippen LogP) is 18.4. The van der Waals surface area contributed by atoms with Gasteiger partial charge >= 0.3 is 24.1 Å². The zero-order valence-electron chi connectivity index (χ0n) is 56.2. The summed E-state index contributed by atoms with van der Waals surface area (Å²) in [6.45, 7) is 12.9. The van der Waals surface area contributed by atoms with Crippen LogP contribution in [0.25, 0.3) is 51.6 Å². The van der Waals surface area contributed by atoms with Crippen LogP contribution in [0.5, 0.6) is 0 Å². The molecule has 6 aromatic rings. The fraction of sp³-hybridized carbons (Fsp3) is 0.488. The van der Waals surface area contributed by atoms with E-state index in [1.54, 1.807) is 36.8 Å². The molecule has 0 amide bonds. The Morgan fingerprint density at radius 2 is 0.866 bits per heavy atom. The number of allylic oxidation sites excluding steroid dienone is 3. The molecule has 3 saturated heterocycles. The number of halogens is 5. The maximum Gasteiger partial charge on any atom is 0.416 e. The molecule has 0 bridgehead atoms. The Kier molecular flexibility index (Phi) is 19.8. The largest absolute Gasteiger partial charge is 0.462 e. The summed E-state index contributed by atoms with van der Waals surface area (Å²) in [4.78, 5) is 51.3. The zero-order chi connectivity index (χ0) is 68.0. The first-order chi connectivity index (χ1) is 46.5. The van der Waals surface area contributed by atoms with Crippen molar-refractivity contribution in [3.63, 3.8) is 0 Å². The normalized spacial score (nSPS) is 34.9. The first kappa shape index (κ1) is 67.9. The molecule has 21 atom stereocenters. The number of rotatable bonds is 9. The average Bonchev–Trinajstić information content (AvgIpc) is 1.64. The number of alkyl halides is 3. The minimum atomic E-state index is -4.37. The highest BCUT2D eigenvalue weighted by Crippen LogP contribution is 2.58. The minimum Gasteiger partial charge on any atom is -0.462 e. The number of carbonyl (C=O) groups excluding carboxylic acids is 3. The van der Waals surface area contributed by atoms with E-state index in [1.807, 2.05) is 74.5 Å². The van der Waals surface area contributed by atoms with Crippen LogP contribution in [-0.2, 0) is 34.8 Å². The third-order valence-electron chi connectivity index (χ3n) is 24.0. The second-order valence-electron chi connectivity index (χ2n) is 30.2. The Balaban J connectivity index is 0.000000131. The van der Waals surface area contributed by atoms with Gasteiger partial charge in [0, 0.05) is 53.0 Å². The number of pyridine rings is 3. The van der Waals surface area contributed by atoms with Crippen LogP contribution >= 0.6 is 0 Å². The number of cyclic esters (lactones) is 3. The molecule has 9 fully saturated rings. The second kappa shape index (κ2) is 28.3. The summed E-state index contributed by atoms with van der Waals surface area (Å²) >= 11 is 0. The van der Waals surface area contributed by atoms with Gasteiger partial charge in [0.1, 0.15) is 29.9 Å².